The Labute approximate surface area is 75.7 Å². The van der Waals surface area contributed by atoms with Crippen LogP contribution in [-0.2, 0) is 0 Å². The Morgan fingerprint density at radius 1 is 1.33 bits per heavy atom. The van der Waals surface area contributed by atoms with Crippen molar-refractivity contribution in [3.8, 4) is 0 Å². The number of hydrogen-bond donors (Lipinski definition) is 0. The molecular weight excluding hydrogens is 204 g/mol. The number of rotatable bonds is 0. The molecule has 1 heterocycles. The molecule has 0 fully saturated rings. The second kappa shape index (κ2) is 2.64. The smallest absolute Gasteiger partial charge is 0.150 e. The molecule has 1 aromatic carbocycles. The molecule has 12 heavy (non-hydrogen) atoms. The van der Waals surface area contributed by atoms with E-state index in [0.29, 0.717) is 10.1 Å². The first-order valence-electron chi connectivity index (χ1n) is 3.08. The standard InChI is InChI=1S/C7H2ClF2NS/c8-7-4-1-3(9)2-5(10)6(4)12-11-7/h1-2H. The molecule has 0 unspecified atom stereocenters. The summed E-state index contributed by atoms with van der Waals surface area (Å²) in [7, 11) is 0. The lowest BCUT2D eigenvalue weighted by molar-refractivity contribution is 0.593. The molecule has 0 amide bonds. The monoisotopic (exact) mass is 205 g/mol. The largest absolute Gasteiger partial charge is 0.207 e. The van der Waals surface area contributed by atoms with E-state index in [4.69, 9.17) is 11.6 Å². The van der Waals surface area contributed by atoms with Gasteiger partial charge in [-0.25, -0.2) is 8.78 Å². The second-order valence-electron chi connectivity index (χ2n) is 2.24. The first-order chi connectivity index (χ1) is 5.68. The number of benzene rings is 1. The quantitative estimate of drug-likeness (QED) is 0.644. The summed E-state index contributed by atoms with van der Waals surface area (Å²) in [5, 5.41) is 0.479. The van der Waals surface area contributed by atoms with E-state index in [1.54, 1.807) is 0 Å². The molecule has 0 radical (unpaired) electrons. The van der Waals surface area contributed by atoms with Gasteiger partial charge < -0.3 is 0 Å². The van der Waals surface area contributed by atoms with E-state index in [0.717, 1.165) is 17.6 Å². The molecule has 1 nitrogen and oxygen atoms in total. The molecule has 0 atom stereocenters. The normalized spacial score (nSPS) is 10.9. The lowest BCUT2D eigenvalue weighted by Gasteiger charge is -1.91. The van der Waals surface area contributed by atoms with Crippen molar-refractivity contribution < 1.29 is 8.78 Å². The Hall–Kier alpha value is -0.740. The van der Waals surface area contributed by atoms with Crippen LogP contribution in [0.4, 0.5) is 8.78 Å². The first kappa shape index (κ1) is 7.89. The molecule has 0 bridgehead atoms. The van der Waals surface area contributed by atoms with Gasteiger partial charge in [-0.3, -0.25) is 0 Å². The third kappa shape index (κ3) is 1.07. The summed E-state index contributed by atoms with van der Waals surface area (Å²) in [4.78, 5) is 0. The number of hydrogen-bond acceptors (Lipinski definition) is 2. The van der Waals surface area contributed by atoms with Crippen LogP contribution in [0.3, 0.4) is 0 Å². The van der Waals surface area contributed by atoms with Crippen LogP contribution < -0.4 is 0 Å². The van der Waals surface area contributed by atoms with E-state index in [1.807, 2.05) is 0 Å². The summed E-state index contributed by atoms with van der Waals surface area (Å²) >= 11 is 6.51. The van der Waals surface area contributed by atoms with Crippen molar-refractivity contribution in [2.75, 3.05) is 0 Å². The highest BCUT2D eigenvalue weighted by molar-refractivity contribution is 7.13. The van der Waals surface area contributed by atoms with Crippen LogP contribution in [0.5, 0.6) is 0 Å². The second-order valence-corrected chi connectivity index (χ2v) is 3.37. The average Bonchev–Trinajstić information content (AvgIpc) is 2.33. The minimum Gasteiger partial charge on any atom is -0.207 e. The molecule has 0 N–H and O–H groups in total. The molecule has 0 spiro atoms. The van der Waals surface area contributed by atoms with Gasteiger partial charge in [-0.1, -0.05) is 11.6 Å². The maximum atomic E-state index is 12.9. The third-order valence-corrected chi connectivity index (χ3v) is 2.71. The van der Waals surface area contributed by atoms with Gasteiger partial charge in [0.2, 0.25) is 0 Å². The van der Waals surface area contributed by atoms with Crippen LogP contribution >= 0.6 is 23.1 Å². The van der Waals surface area contributed by atoms with Gasteiger partial charge in [0, 0.05) is 11.5 Å². The molecule has 0 aliphatic carbocycles. The summed E-state index contributed by atoms with van der Waals surface area (Å²) in [6.07, 6.45) is 0. The fraction of sp³-hybridized carbons (Fsp3) is 0. The fourth-order valence-corrected chi connectivity index (χ4v) is 1.92. The van der Waals surface area contributed by atoms with E-state index in [1.165, 1.54) is 6.07 Å². The van der Waals surface area contributed by atoms with E-state index >= 15 is 0 Å². The van der Waals surface area contributed by atoms with Gasteiger partial charge >= 0.3 is 0 Å². The predicted molar refractivity (Wildman–Crippen MR) is 44.5 cm³/mol. The Morgan fingerprint density at radius 3 is 2.83 bits per heavy atom. The van der Waals surface area contributed by atoms with E-state index in [2.05, 4.69) is 4.37 Å². The average molecular weight is 206 g/mol. The Balaban J connectivity index is 2.92. The van der Waals surface area contributed by atoms with E-state index < -0.39 is 11.6 Å². The number of aromatic nitrogens is 1. The molecule has 2 rings (SSSR count). The van der Waals surface area contributed by atoms with Crippen molar-refractivity contribution in [2.24, 2.45) is 0 Å². The minimum atomic E-state index is -0.637. The van der Waals surface area contributed by atoms with E-state index in [-0.39, 0.29) is 5.15 Å². The molecular formula is C7H2ClF2NS. The summed E-state index contributed by atoms with van der Waals surface area (Å²) in [5.74, 6) is -1.25. The van der Waals surface area contributed by atoms with Crippen LogP contribution in [0, 0.1) is 11.6 Å². The minimum absolute atomic E-state index is 0.147. The highest BCUT2D eigenvalue weighted by Crippen LogP contribution is 2.29. The molecule has 5 heteroatoms. The zero-order valence-corrected chi connectivity index (χ0v) is 7.22. The zero-order chi connectivity index (χ0) is 8.72. The fourth-order valence-electron chi connectivity index (χ4n) is 0.941. The van der Waals surface area contributed by atoms with Crippen molar-refractivity contribution in [1.82, 2.24) is 4.37 Å². The van der Waals surface area contributed by atoms with Crippen molar-refractivity contribution in [3.63, 3.8) is 0 Å². The lowest BCUT2D eigenvalue weighted by Crippen LogP contribution is -1.78. The van der Waals surface area contributed by atoms with E-state index in [9.17, 15) is 8.78 Å². The maximum absolute atomic E-state index is 12.9. The van der Waals surface area contributed by atoms with Crippen LogP contribution in [0.2, 0.25) is 5.15 Å². The van der Waals surface area contributed by atoms with Gasteiger partial charge in [-0.2, -0.15) is 4.37 Å². The molecule has 2 aromatic rings. The molecule has 1 aromatic heterocycles. The summed E-state index contributed by atoms with van der Waals surface area (Å²) < 4.78 is 29.6. The third-order valence-electron chi connectivity index (χ3n) is 1.45. The highest BCUT2D eigenvalue weighted by Gasteiger charge is 2.09. The van der Waals surface area contributed by atoms with Crippen molar-refractivity contribution in [1.29, 1.82) is 0 Å². The van der Waals surface area contributed by atoms with Crippen LogP contribution in [-0.4, -0.2) is 4.37 Å². The molecule has 62 valence electrons. The summed E-state index contributed by atoms with van der Waals surface area (Å²) in [6.45, 7) is 0. The Kier molecular flexibility index (Phi) is 1.73. The number of fused-ring (bicyclic) bond motifs is 1. The van der Waals surface area contributed by atoms with Crippen LogP contribution in [0.25, 0.3) is 10.1 Å². The number of nitrogens with zero attached hydrogens (tertiary/aromatic N) is 1. The van der Waals surface area contributed by atoms with Gasteiger partial charge in [0.15, 0.2) is 5.15 Å². The highest BCUT2D eigenvalue weighted by atomic mass is 35.5. The zero-order valence-electron chi connectivity index (χ0n) is 5.64. The van der Waals surface area contributed by atoms with Crippen LogP contribution in [0.1, 0.15) is 0 Å². The van der Waals surface area contributed by atoms with Gasteiger partial charge in [0.05, 0.1) is 4.70 Å². The number of halogens is 3. The van der Waals surface area contributed by atoms with Gasteiger partial charge in [0.25, 0.3) is 0 Å². The molecule has 0 aliphatic rings. The Morgan fingerprint density at radius 2 is 2.08 bits per heavy atom. The Bertz CT molecular complexity index is 440. The van der Waals surface area contributed by atoms with Crippen molar-refractivity contribution in [3.05, 3.63) is 28.9 Å². The molecule has 0 saturated carbocycles. The SMILES string of the molecule is Fc1cc(F)c2snc(Cl)c2c1. The van der Waals surface area contributed by atoms with Crippen molar-refractivity contribution in [2.45, 2.75) is 0 Å². The summed E-state index contributed by atoms with van der Waals surface area (Å²) in [5.41, 5.74) is 0. The predicted octanol–water partition coefficient (Wildman–Crippen LogP) is 3.23. The van der Waals surface area contributed by atoms with Gasteiger partial charge in [0.1, 0.15) is 11.6 Å². The van der Waals surface area contributed by atoms with Gasteiger partial charge in [-0.05, 0) is 17.6 Å². The molecule has 0 saturated heterocycles. The lowest BCUT2D eigenvalue weighted by atomic mass is 10.3. The van der Waals surface area contributed by atoms with Crippen LogP contribution in [0.15, 0.2) is 12.1 Å². The summed E-state index contributed by atoms with van der Waals surface area (Å²) in [6, 6.07) is 1.99. The maximum Gasteiger partial charge on any atom is 0.150 e. The molecule has 0 aliphatic heterocycles. The van der Waals surface area contributed by atoms with Crippen molar-refractivity contribution >= 4 is 33.2 Å². The topological polar surface area (TPSA) is 12.9 Å². The first-order valence-corrected chi connectivity index (χ1v) is 4.23. The van der Waals surface area contributed by atoms with Gasteiger partial charge in [-0.15, -0.1) is 0 Å².